The van der Waals surface area contributed by atoms with Crippen LogP contribution in [0.3, 0.4) is 0 Å². The quantitative estimate of drug-likeness (QED) is 0.172. The van der Waals surface area contributed by atoms with Gasteiger partial charge in [0.1, 0.15) is 0 Å². The normalized spacial score (nSPS) is 17.4. The number of imide groups is 1. The summed E-state index contributed by atoms with van der Waals surface area (Å²) in [6.45, 7) is 9.83. The van der Waals surface area contributed by atoms with Gasteiger partial charge in [-0.1, -0.05) is 12.1 Å². The minimum atomic E-state index is -0.189. The molecule has 0 bridgehead atoms. The average Bonchev–Trinajstić information content (AvgIpc) is 3.01. The fourth-order valence-corrected chi connectivity index (χ4v) is 3.85. The molecule has 1 aromatic carbocycles. The van der Waals surface area contributed by atoms with Crippen LogP contribution in [0.1, 0.15) is 47.4 Å². The van der Waals surface area contributed by atoms with E-state index in [1.54, 1.807) is 31.3 Å². The molecular weight excluding hydrogens is 509 g/mol. The van der Waals surface area contributed by atoms with Gasteiger partial charge in [0.2, 0.25) is 0 Å². The summed E-state index contributed by atoms with van der Waals surface area (Å²) >= 11 is 0. The van der Waals surface area contributed by atoms with E-state index in [4.69, 9.17) is 4.74 Å². The first-order valence-electron chi connectivity index (χ1n) is 10.7. The highest BCUT2D eigenvalue weighted by molar-refractivity contribution is 14.0. The molecule has 0 spiro atoms. The lowest BCUT2D eigenvalue weighted by atomic mass is 10.0. The number of carbonyl (C=O) groups excluding carboxylic acids is 2. The lowest BCUT2D eigenvalue weighted by Crippen LogP contribution is -2.56. The smallest absolute Gasteiger partial charge is 0.261 e. The molecule has 0 saturated carbocycles. The second kappa shape index (κ2) is 11.8. The minimum Gasteiger partial charge on any atom is -0.379 e. The molecule has 1 fully saturated rings. The van der Waals surface area contributed by atoms with Gasteiger partial charge in [0.25, 0.3) is 11.8 Å². The molecule has 1 aromatic rings. The number of carbonyl (C=O) groups is 2. The van der Waals surface area contributed by atoms with E-state index in [1.165, 1.54) is 4.90 Å². The van der Waals surface area contributed by atoms with Crippen molar-refractivity contribution < 1.29 is 14.3 Å². The maximum Gasteiger partial charge on any atom is 0.261 e. The number of nitrogens with zero attached hydrogens (tertiary/aromatic N) is 3. The summed E-state index contributed by atoms with van der Waals surface area (Å²) in [6.07, 6.45) is 1.58. The van der Waals surface area contributed by atoms with E-state index in [2.05, 4.69) is 34.4 Å². The molecule has 9 heteroatoms. The van der Waals surface area contributed by atoms with Gasteiger partial charge in [0.05, 0.1) is 24.3 Å². The first-order chi connectivity index (χ1) is 14.4. The van der Waals surface area contributed by atoms with Crippen molar-refractivity contribution in [3.05, 3.63) is 35.4 Å². The lowest BCUT2D eigenvalue weighted by molar-refractivity contribution is -0.00833. The number of hydrogen-bond acceptors (Lipinski definition) is 5. The molecule has 0 aliphatic carbocycles. The third kappa shape index (κ3) is 6.39. The van der Waals surface area contributed by atoms with Crippen LogP contribution >= 0.6 is 24.0 Å². The van der Waals surface area contributed by atoms with Crippen molar-refractivity contribution in [1.82, 2.24) is 20.4 Å². The van der Waals surface area contributed by atoms with Crippen molar-refractivity contribution >= 4 is 41.8 Å². The molecule has 0 aromatic heterocycles. The SMILES string of the molecule is CN=C(NCCCCN1C(=O)c2ccccc2C1=O)NCC(C)(C)N1CCOCC1.I. The maximum absolute atomic E-state index is 12.4. The first kappa shape index (κ1) is 25.5. The second-order valence-corrected chi connectivity index (χ2v) is 8.28. The molecule has 0 unspecified atom stereocenters. The van der Waals surface area contributed by atoms with Gasteiger partial charge in [0, 0.05) is 45.3 Å². The van der Waals surface area contributed by atoms with Crippen molar-refractivity contribution in [3.63, 3.8) is 0 Å². The van der Waals surface area contributed by atoms with Crippen molar-refractivity contribution in [1.29, 1.82) is 0 Å². The lowest BCUT2D eigenvalue weighted by Gasteiger charge is -2.41. The third-order valence-electron chi connectivity index (χ3n) is 5.76. The Morgan fingerprint density at radius 1 is 1.06 bits per heavy atom. The Morgan fingerprint density at radius 2 is 1.68 bits per heavy atom. The highest BCUT2D eigenvalue weighted by Crippen LogP contribution is 2.22. The van der Waals surface area contributed by atoms with E-state index in [0.717, 1.165) is 58.2 Å². The van der Waals surface area contributed by atoms with Gasteiger partial charge in [-0.15, -0.1) is 24.0 Å². The second-order valence-electron chi connectivity index (χ2n) is 8.28. The zero-order valence-corrected chi connectivity index (χ0v) is 21.0. The number of morpholine rings is 1. The first-order valence-corrected chi connectivity index (χ1v) is 10.7. The summed E-state index contributed by atoms with van der Waals surface area (Å²) in [6, 6.07) is 7.00. The van der Waals surface area contributed by atoms with Gasteiger partial charge in [-0.05, 0) is 38.8 Å². The maximum atomic E-state index is 12.4. The number of hydrogen-bond donors (Lipinski definition) is 2. The molecule has 31 heavy (non-hydrogen) atoms. The summed E-state index contributed by atoms with van der Waals surface area (Å²) in [5, 5.41) is 6.72. The van der Waals surface area contributed by atoms with E-state index < -0.39 is 0 Å². The number of fused-ring (bicyclic) bond motifs is 1. The number of aliphatic imine (C=N–C) groups is 1. The molecule has 0 atom stereocenters. The molecular formula is C22H34IN5O3. The van der Waals surface area contributed by atoms with Gasteiger partial charge in [-0.2, -0.15) is 0 Å². The van der Waals surface area contributed by atoms with Crippen LogP contribution in [0.25, 0.3) is 0 Å². The van der Waals surface area contributed by atoms with Gasteiger partial charge < -0.3 is 15.4 Å². The number of unbranched alkanes of at least 4 members (excludes halogenated alkanes) is 1. The van der Waals surface area contributed by atoms with Gasteiger partial charge in [-0.25, -0.2) is 0 Å². The zero-order chi connectivity index (χ0) is 21.6. The molecule has 2 amide bonds. The molecule has 172 valence electrons. The Balaban J connectivity index is 0.00000341. The van der Waals surface area contributed by atoms with Crippen molar-refractivity contribution in [3.8, 4) is 0 Å². The van der Waals surface area contributed by atoms with E-state index in [1.807, 2.05) is 0 Å². The highest BCUT2D eigenvalue weighted by atomic mass is 127. The number of nitrogens with one attached hydrogen (secondary N) is 2. The van der Waals surface area contributed by atoms with E-state index in [-0.39, 0.29) is 41.3 Å². The third-order valence-corrected chi connectivity index (χ3v) is 5.76. The van der Waals surface area contributed by atoms with E-state index >= 15 is 0 Å². The Bertz CT molecular complexity index is 758. The fourth-order valence-electron chi connectivity index (χ4n) is 3.85. The molecule has 2 heterocycles. The molecule has 2 N–H and O–H groups in total. The van der Waals surface area contributed by atoms with Crippen molar-refractivity contribution in [2.24, 2.45) is 4.99 Å². The standard InChI is InChI=1S/C22H33N5O3.HI/c1-22(2,26-12-14-30-15-13-26)16-25-21(23-3)24-10-6-7-11-27-19(28)17-8-4-5-9-18(17)20(27)29;/h4-5,8-9H,6-7,10-16H2,1-3H3,(H2,23,24,25);1H. The number of guanidine groups is 1. The van der Waals surface area contributed by atoms with E-state index in [9.17, 15) is 9.59 Å². The van der Waals surface area contributed by atoms with Gasteiger partial charge >= 0.3 is 0 Å². The van der Waals surface area contributed by atoms with Crippen LogP contribution in [0.2, 0.25) is 0 Å². The van der Waals surface area contributed by atoms with Crippen molar-refractivity contribution in [2.75, 3.05) is 53.0 Å². The predicted molar refractivity (Wildman–Crippen MR) is 132 cm³/mol. The molecule has 8 nitrogen and oxygen atoms in total. The Morgan fingerprint density at radius 3 is 2.26 bits per heavy atom. The van der Waals surface area contributed by atoms with Crippen LogP contribution in [-0.2, 0) is 4.74 Å². The Hall–Kier alpha value is -1.72. The van der Waals surface area contributed by atoms with Crippen LogP contribution in [0.15, 0.2) is 29.3 Å². The number of benzene rings is 1. The van der Waals surface area contributed by atoms with Crippen LogP contribution in [0.5, 0.6) is 0 Å². The number of amides is 2. The number of ether oxygens (including phenoxy) is 1. The molecule has 0 radical (unpaired) electrons. The predicted octanol–water partition coefficient (Wildman–Crippen LogP) is 1.96. The largest absolute Gasteiger partial charge is 0.379 e. The van der Waals surface area contributed by atoms with E-state index in [0.29, 0.717) is 17.7 Å². The molecule has 1 saturated heterocycles. The summed E-state index contributed by atoms with van der Waals surface area (Å²) in [5.74, 6) is 0.384. The molecule has 3 rings (SSSR count). The molecule has 2 aliphatic rings. The van der Waals surface area contributed by atoms with Crippen LogP contribution in [0.4, 0.5) is 0 Å². The minimum absolute atomic E-state index is 0. The van der Waals surface area contributed by atoms with Crippen LogP contribution in [-0.4, -0.2) is 86.1 Å². The number of rotatable bonds is 8. The number of halogens is 1. The Labute approximate surface area is 201 Å². The van der Waals surface area contributed by atoms with Crippen LogP contribution in [0, 0.1) is 0 Å². The Kier molecular flexibility index (Phi) is 9.70. The summed E-state index contributed by atoms with van der Waals surface area (Å²) < 4.78 is 5.44. The monoisotopic (exact) mass is 543 g/mol. The highest BCUT2D eigenvalue weighted by Gasteiger charge is 2.34. The van der Waals surface area contributed by atoms with Crippen LogP contribution < -0.4 is 10.6 Å². The van der Waals surface area contributed by atoms with Gasteiger partial charge in [0.15, 0.2) is 5.96 Å². The van der Waals surface area contributed by atoms with Gasteiger partial charge in [-0.3, -0.25) is 24.4 Å². The summed E-state index contributed by atoms with van der Waals surface area (Å²) in [7, 11) is 1.76. The topological polar surface area (TPSA) is 86.3 Å². The van der Waals surface area contributed by atoms with Crippen molar-refractivity contribution in [2.45, 2.75) is 32.2 Å². The average molecular weight is 543 g/mol. The summed E-state index contributed by atoms with van der Waals surface area (Å²) in [5.41, 5.74) is 1.02. The zero-order valence-electron chi connectivity index (χ0n) is 18.6. The summed E-state index contributed by atoms with van der Waals surface area (Å²) in [4.78, 5) is 32.8. The molecule has 2 aliphatic heterocycles. The fraction of sp³-hybridized carbons (Fsp3) is 0.591.